The summed E-state index contributed by atoms with van der Waals surface area (Å²) in [5.41, 5.74) is 1.87. The van der Waals surface area contributed by atoms with Gasteiger partial charge in [-0.05, 0) is 39.2 Å². The molecule has 2 saturated heterocycles. The van der Waals surface area contributed by atoms with Crippen molar-refractivity contribution in [2.24, 2.45) is 0 Å². The average molecular weight is 398 g/mol. The number of rotatable bonds is 5. The van der Waals surface area contributed by atoms with Gasteiger partial charge in [-0.1, -0.05) is 13.3 Å². The van der Waals surface area contributed by atoms with Crippen molar-refractivity contribution in [2.45, 2.75) is 52.5 Å². The molecule has 3 heterocycles. The number of nitrogens with zero attached hydrogens (tertiary/aromatic N) is 5. The van der Waals surface area contributed by atoms with E-state index >= 15 is 0 Å². The summed E-state index contributed by atoms with van der Waals surface area (Å²) in [6.45, 7) is 8.66. The van der Waals surface area contributed by atoms with Crippen LogP contribution in [0.25, 0.3) is 0 Å². The van der Waals surface area contributed by atoms with E-state index in [9.17, 15) is 13.2 Å². The van der Waals surface area contributed by atoms with E-state index in [1.54, 1.807) is 13.9 Å². The Labute approximate surface area is 162 Å². The second-order valence-corrected chi connectivity index (χ2v) is 9.42. The molecule has 0 bridgehead atoms. The molecule has 3 rings (SSSR count). The molecule has 2 fully saturated rings. The highest BCUT2D eigenvalue weighted by atomic mass is 32.2. The van der Waals surface area contributed by atoms with E-state index in [2.05, 4.69) is 5.10 Å². The van der Waals surface area contributed by atoms with Gasteiger partial charge < -0.3 is 4.90 Å². The topological polar surface area (TPSA) is 78.8 Å². The second-order valence-electron chi connectivity index (χ2n) is 7.49. The van der Waals surface area contributed by atoms with Crippen LogP contribution in [0.2, 0.25) is 0 Å². The van der Waals surface area contributed by atoms with Gasteiger partial charge in [-0.3, -0.25) is 9.48 Å². The molecular weight excluding hydrogens is 366 g/mol. The predicted octanol–water partition coefficient (Wildman–Crippen LogP) is 1.33. The number of aromatic nitrogens is 2. The van der Waals surface area contributed by atoms with Crippen molar-refractivity contribution < 1.29 is 13.2 Å². The summed E-state index contributed by atoms with van der Waals surface area (Å²) in [4.78, 5) is 14.8. The maximum absolute atomic E-state index is 13.0. The first-order chi connectivity index (χ1) is 12.8. The van der Waals surface area contributed by atoms with Gasteiger partial charge in [0, 0.05) is 45.0 Å². The lowest BCUT2D eigenvalue weighted by Crippen LogP contribution is -2.55. The van der Waals surface area contributed by atoms with Crippen molar-refractivity contribution >= 4 is 16.1 Å². The molecule has 0 saturated carbocycles. The molecule has 27 heavy (non-hydrogen) atoms. The van der Waals surface area contributed by atoms with Gasteiger partial charge in [0.15, 0.2) is 0 Å². The second kappa shape index (κ2) is 8.28. The largest absolute Gasteiger partial charge is 0.338 e. The molecule has 0 N–H and O–H groups in total. The Morgan fingerprint density at radius 1 is 1.04 bits per heavy atom. The first-order valence-electron chi connectivity index (χ1n) is 9.91. The zero-order valence-electron chi connectivity index (χ0n) is 16.6. The molecule has 0 aromatic carbocycles. The Hall–Kier alpha value is -1.45. The third-order valence-corrected chi connectivity index (χ3v) is 7.56. The first kappa shape index (κ1) is 20.3. The lowest BCUT2D eigenvalue weighted by molar-refractivity contribution is -0.136. The smallest absolute Gasteiger partial charge is 0.282 e. The lowest BCUT2D eigenvalue weighted by Gasteiger charge is -2.38. The van der Waals surface area contributed by atoms with Crippen LogP contribution in [-0.2, 0) is 15.0 Å². The van der Waals surface area contributed by atoms with E-state index in [0.29, 0.717) is 45.7 Å². The molecule has 9 heteroatoms. The predicted molar refractivity (Wildman–Crippen MR) is 104 cm³/mol. The van der Waals surface area contributed by atoms with Crippen molar-refractivity contribution in [1.82, 2.24) is 23.3 Å². The summed E-state index contributed by atoms with van der Waals surface area (Å²) in [6, 6.07) is 1.64. The van der Waals surface area contributed by atoms with Gasteiger partial charge in [0.05, 0.1) is 5.69 Å². The number of carbonyl (C=O) groups is 1. The van der Waals surface area contributed by atoms with Gasteiger partial charge in [-0.2, -0.15) is 22.1 Å². The van der Waals surface area contributed by atoms with Gasteiger partial charge in [0.25, 0.3) is 10.2 Å². The van der Waals surface area contributed by atoms with E-state index in [4.69, 9.17) is 0 Å². The summed E-state index contributed by atoms with van der Waals surface area (Å²) < 4.78 is 30.6. The van der Waals surface area contributed by atoms with Gasteiger partial charge in [-0.15, -0.1) is 0 Å². The van der Waals surface area contributed by atoms with E-state index in [1.807, 2.05) is 26.8 Å². The molecule has 152 valence electrons. The summed E-state index contributed by atoms with van der Waals surface area (Å²) in [5, 5.41) is 4.47. The standard InChI is InChI=1S/C18H31N5O3S/c1-4-17(23-16(3)14-15(2)19-23)18(24)20-10-12-22(13-11-20)27(25,26)21-8-6-5-7-9-21/h14,17H,4-13H2,1-3H3/t17-/m1/s1. The van der Waals surface area contributed by atoms with Crippen LogP contribution in [0.1, 0.15) is 50.0 Å². The van der Waals surface area contributed by atoms with E-state index in [1.165, 1.54) is 4.31 Å². The Morgan fingerprint density at radius 2 is 1.63 bits per heavy atom. The summed E-state index contributed by atoms with van der Waals surface area (Å²) in [7, 11) is -3.40. The molecular formula is C18H31N5O3S. The fourth-order valence-electron chi connectivity index (χ4n) is 4.02. The number of amides is 1. The van der Waals surface area contributed by atoms with Crippen LogP contribution in [0, 0.1) is 13.8 Å². The molecule has 0 spiro atoms. The van der Waals surface area contributed by atoms with Crippen LogP contribution in [0.3, 0.4) is 0 Å². The maximum atomic E-state index is 13.0. The van der Waals surface area contributed by atoms with Gasteiger partial charge >= 0.3 is 0 Å². The van der Waals surface area contributed by atoms with Crippen molar-refractivity contribution in [1.29, 1.82) is 0 Å². The Kier molecular flexibility index (Phi) is 6.22. The maximum Gasteiger partial charge on any atom is 0.282 e. The monoisotopic (exact) mass is 397 g/mol. The third-order valence-electron chi connectivity index (χ3n) is 5.53. The van der Waals surface area contributed by atoms with Crippen molar-refractivity contribution in [3.8, 4) is 0 Å². The molecule has 1 amide bonds. The molecule has 2 aliphatic heterocycles. The van der Waals surface area contributed by atoms with Gasteiger partial charge in [-0.25, -0.2) is 0 Å². The fourth-order valence-corrected chi connectivity index (χ4v) is 5.69. The van der Waals surface area contributed by atoms with Crippen LogP contribution in [0.4, 0.5) is 0 Å². The number of carbonyl (C=O) groups excluding carboxylic acids is 1. The molecule has 0 unspecified atom stereocenters. The molecule has 2 aliphatic rings. The van der Waals surface area contributed by atoms with E-state index in [0.717, 1.165) is 30.7 Å². The molecule has 0 aliphatic carbocycles. The highest BCUT2D eigenvalue weighted by Gasteiger charge is 2.35. The minimum absolute atomic E-state index is 0.0266. The molecule has 1 atom stereocenters. The highest BCUT2D eigenvalue weighted by Crippen LogP contribution is 2.21. The van der Waals surface area contributed by atoms with Crippen molar-refractivity contribution in [2.75, 3.05) is 39.3 Å². The SMILES string of the molecule is CC[C@H](C(=O)N1CCN(S(=O)(=O)N2CCCCC2)CC1)n1nc(C)cc1C. The Balaban J connectivity index is 1.64. The zero-order chi connectivity index (χ0) is 19.6. The Morgan fingerprint density at radius 3 is 2.15 bits per heavy atom. The fraction of sp³-hybridized carbons (Fsp3) is 0.778. The quantitative estimate of drug-likeness (QED) is 0.751. The molecule has 0 radical (unpaired) electrons. The minimum Gasteiger partial charge on any atom is -0.338 e. The number of piperazine rings is 1. The molecule has 1 aromatic rings. The summed E-state index contributed by atoms with van der Waals surface area (Å²) in [6.07, 6.45) is 3.61. The number of hydrogen-bond donors (Lipinski definition) is 0. The molecule has 8 nitrogen and oxygen atoms in total. The first-order valence-corrected chi connectivity index (χ1v) is 11.3. The normalized spacial score (nSPS) is 21.4. The average Bonchev–Trinajstić information content (AvgIpc) is 3.01. The zero-order valence-corrected chi connectivity index (χ0v) is 17.4. The Bertz CT molecular complexity index is 762. The van der Waals surface area contributed by atoms with Gasteiger partial charge in [0.2, 0.25) is 5.91 Å². The van der Waals surface area contributed by atoms with Gasteiger partial charge in [0.1, 0.15) is 6.04 Å². The van der Waals surface area contributed by atoms with Crippen LogP contribution < -0.4 is 0 Å². The van der Waals surface area contributed by atoms with Crippen LogP contribution in [0.15, 0.2) is 6.07 Å². The van der Waals surface area contributed by atoms with Crippen LogP contribution >= 0.6 is 0 Å². The van der Waals surface area contributed by atoms with Crippen molar-refractivity contribution in [3.05, 3.63) is 17.5 Å². The summed E-state index contributed by atoms with van der Waals surface area (Å²) in [5.74, 6) is 0.0266. The minimum atomic E-state index is -3.40. The van der Waals surface area contributed by atoms with Crippen LogP contribution in [0.5, 0.6) is 0 Å². The van der Waals surface area contributed by atoms with Crippen molar-refractivity contribution in [3.63, 3.8) is 0 Å². The number of piperidine rings is 1. The highest BCUT2D eigenvalue weighted by molar-refractivity contribution is 7.86. The number of aryl methyl sites for hydroxylation is 2. The number of hydrogen-bond acceptors (Lipinski definition) is 4. The summed E-state index contributed by atoms with van der Waals surface area (Å²) >= 11 is 0. The van der Waals surface area contributed by atoms with Crippen LogP contribution in [-0.4, -0.2) is 76.9 Å². The molecule has 1 aromatic heterocycles. The third kappa shape index (κ3) is 4.20. The van der Waals surface area contributed by atoms with E-state index < -0.39 is 10.2 Å². The lowest BCUT2D eigenvalue weighted by atomic mass is 10.1. The van der Waals surface area contributed by atoms with E-state index in [-0.39, 0.29) is 11.9 Å².